The second-order valence-electron chi connectivity index (χ2n) is 7.86. The average Bonchev–Trinajstić information content (AvgIpc) is 3.20. The molecule has 2 aliphatic rings. The molecule has 0 bridgehead atoms. The van der Waals surface area contributed by atoms with Crippen LogP contribution < -0.4 is 10.6 Å². The van der Waals surface area contributed by atoms with E-state index in [1.807, 2.05) is 0 Å². The number of carbonyl (C=O) groups excluding carboxylic acids is 1. The molecule has 1 aromatic rings. The Balaban J connectivity index is 1.36. The number of rotatable bonds is 8. The summed E-state index contributed by atoms with van der Waals surface area (Å²) in [6.45, 7) is 11.5. The number of nitrogens with zero attached hydrogens (tertiary/aromatic N) is 3. The number of thiophene rings is 1. The van der Waals surface area contributed by atoms with Crippen molar-refractivity contribution in [1.82, 2.24) is 20.4 Å². The summed E-state index contributed by atoms with van der Waals surface area (Å²) in [5.41, 5.74) is 0. The van der Waals surface area contributed by atoms with Crippen LogP contribution in [-0.2, 0) is 4.79 Å². The van der Waals surface area contributed by atoms with Crippen LogP contribution in [0.25, 0.3) is 0 Å². The molecule has 0 spiro atoms. The fraction of sp³-hybridized carbons (Fsp3) is 0.714. The summed E-state index contributed by atoms with van der Waals surface area (Å²) in [5.74, 6) is 2.05. The van der Waals surface area contributed by atoms with Gasteiger partial charge in [0.2, 0.25) is 5.91 Å². The standard InChI is InChI=1S/C21H35N5OS/c1-3-22-21(24-16-17(2)19-8-5-15-28-19)23-9-10-25-11-13-26(14-12-25)20(27)18-6-4-7-18/h5,8,15,17-18H,3-4,6-7,9-14,16H2,1-2H3,(H2,22,23,24). The summed E-state index contributed by atoms with van der Waals surface area (Å²) in [4.78, 5) is 23.0. The zero-order chi connectivity index (χ0) is 19.8. The summed E-state index contributed by atoms with van der Waals surface area (Å²) < 4.78 is 0. The lowest BCUT2D eigenvalue weighted by Crippen LogP contribution is -2.52. The van der Waals surface area contributed by atoms with Gasteiger partial charge in [-0.3, -0.25) is 14.7 Å². The Labute approximate surface area is 173 Å². The number of aliphatic imine (C=N–C) groups is 1. The second kappa shape index (κ2) is 10.8. The van der Waals surface area contributed by atoms with Crippen LogP contribution in [0.5, 0.6) is 0 Å². The van der Waals surface area contributed by atoms with Crippen LogP contribution in [0, 0.1) is 5.92 Å². The van der Waals surface area contributed by atoms with Crippen LogP contribution in [0.1, 0.15) is 43.9 Å². The van der Waals surface area contributed by atoms with Crippen molar-refractivity contribution >= 4 is 23.2 Å². The molecule has 2 heterocycles. The zero-order valence-electron chi connectivity index (χ0n) is 17.3. The van der Waals surface area contributed by atoms with E-state index in [4.69, 9.17) is 4.99 Å². The van der Waals surface area contributed by atoms with Crippen molar-refractivity contribution in [1.29, 1.82) is 0 Å². The summed E-state index contributed by atoms with van der Waals surface area (Å²) in [6.07, 6.45) is 3.42. The minimum absolute atomic E-state index is 0.323. The van der Waals surface area contributed by atoms with Gasteiger partial charge in [-0.1, -0.05) is 19.4 Å². The number of piperazine rings is 1. The van der Waals surface area contributed by atoms with E-state index in [0.29, 0.717) is 17.7 Å². The van der Waals surface area contributed by atoms with Crippen LogP contribution in [0.2, 0.25) is 0 Å². The molecule has 1 amide bonds. The van der Waals surface area contributed by atoms with Gasteiger partial charge in [-0.25, -0.2) is 0 Å². The Bertz CT molecular complexity index is 621. The van der Waals surface area contributed by atoms with E-state index >= 15 is 0 Å². The molecule has 1 saturated carbocycles. The lowest BCUT2D eigenvalue weighted by Gasteiger charge is -2.38. The van der Waals surface area contributed by atoms with Gasteiger partial charge in [0, 0.05) is 62.5 Å². The van der Waals surface area contributed by atoms with Crippen LogP contribution in [0.15, 0.2) is 22.5 Å². The first-order valence-corrected chi connectivity index (χ1v) is 11.6. The Hall–Kier alpha value is -1.60. The van der Waals surface area contributed by atoms with E-state index in [1.54, 1.807) is 11.3 Å². The first kappa shape index (κ1) is 21.1. The maximum Gasteiger partial charge on any atom is 0.225 e. The molecule has 1 aliphatic carbocycles. The second-order valence-corrected chi connectivity index (χ2v) is 8.84. The quantitative estimate of drug-likeness (QED) is 0.515. The van der Waals surface area contributed by atoms with Crippen LogP contribution in [0.3, 0.4) is 0 Å². The van der Waals surface area contributed by atoms with Crippen molar-refractivity contribution in [3.63, 3.8) is 0 Å². The largest absolute Gasteiger partial charge is 0.357 e. The van der Waals surface area contributed by atoms with Gasteiger partial charge in [0.15, 0.2) is 5.96 Å². The van der Waals surface area contributed by atoms with Crippen LogP contribution >= 0.6 is 11.3 Å². The van der Waals surface area contributed by atoms with Gasteiger partial charge in [0.1, 0.15) is 0 Å². The smallest absolute Gasteiger partial charge is 0.225 e. The van der Waals surface area contributed by atoms with Crippen molar-refractivity contribution in [2.45, 2.75) is 39.0 Å². The highest BCUT2D eigenvalue weighted by molar-refractivity contribution is 7.10. The van der Waals surface area contributed by atoms with Gasteiger partial charge in [0.05, 0.1) is 6.54 Å². The highest BCUT2D eigenvalue weighted by Gasteiger charge is 2.30. The topological polar surface area (TPSA) is 60.0 Å². The number of nitrogens with one attached hydrogen (secondary N) is 2. The lowest BCUT2D eigenvalue weighted by molar-refractivity contribution is -0.139. The molecule has 2 N–H and O–H groups in total. The normalized spacial score (nSPS) is 19.9. The van der Waals surface area contributed by atoms with E-state index in [-0.39, 0.29) is 0 Å². The van der Waals surface area contributed by atoms with Gasteiger partial charge < -0.3 is 15.5 Å². The zero-order valence-corrected chi connectivity index (χ0v) is 18.1. The van der Waals surface area contributed by atoms with Crippen molar-refractivity contribution in [2.24, 2.45) is 10.9 Å². The Morgan fingerprint density at radius 1 is 1.29 bits per heavy atom. The monoisotopic (exact) mass is 405 g/mol. The Kier molecular flexibility index (Phi) is 8.15. The number of hydrogen-bond acceptors (Lipinski definition) is 4. The highest BCUT2D eigenvalue weighted by atomic mass is 32.1. The summed E-state index contributed by atoms with van der Waals surface area (Å²) in [6, 6.07) is 4.28. The molecule has 0 radical (unpaired) electrons. The van der Waals surface area contributed by atoms with Crippen LogP contribution in [0.4, 0.5) is 0 Å². The van der Waals surface area contributed by atoms with Gasteiger partial charge >= 0.3 is 0 Å². The van der Waals surface area contributed by atoms with Crippen molar-refractivity contribution in [3.8, 4) is 0 Å². The first-order valence-electron chi connectivity index (χ1n) is 10.7. The van der Waals surface area contributed by atoms with E-state index in [9.17, 15) is 4.79 Å². The van der Waals surface area contributed by atoms with Crippen LogP contribution in [-0.4, -0.2) is 74.0 Å². The third-order valence-electron chi connectivity index (χ3n) is 5.76. The molecule has 3 rings (SSSR count). The number of carbonyl (C=O) groups is 1. The molecule has 28 heavy (non-hydrogen) atoms. The Morgan fingerprint density at radius 2 is 2.07 bits per heavy atom. The molecule has 7 heteroatoms. The third-order valence-corrected chi connectivity index (χ3v) is 6.86. The minimum Gasteiger partial charge on any atom is -0.357 e. The predicted octanol–water partition coefficient (Wildman–Crippen LogP) is 2.35. The van der Waals surface area contributed by atoms with E-state index in [1.165, 1.54) is 11.3 Å². The molecule has 0 aromatic carbocycles. The summed E-state index contributed by atoms with van der Waals surface area (Å²) in [5, 5.41) is 8.92. The molecule has 1 atom stereocenters. The van der Waals surface area contributed by atoms with E-state index in [0.717, 1.165) is 71.2 Å². The molecule has 1 unspecified atom stereocenters. The molecule has 2 fully saturated rings. The number of hydrogen-bond donors (Lipinski definition) is 2. The lowest BCUT2D eigenvalue weighted by atomic mass is 9.84. The van der Waals surface area contributed by atoms with Crippen molar-refractivity contribution in [3.05, 3.63) is 22.4 Å². The maximum absolute atomic E-state index is 12.3. The number of guanidine groups is 1. The SMILES string of the molecule is CCNC(=NCC(C)c1cccs1)NCCN1CCN(C(=O)C2CCC2)CC1. The average molecular weight is 406 g/mol. The van der Waals surface area contributed by atoms with Crippen molar-refractivity contribution < 1.29 is 4.79 Å². The van der Waals surface area contributed by atoms with Gasteiger partial charge in [-0.15, -0.1) is 11.3 Å². The first-order chi connectivity index (χ1) is 13.7. The fourth-order valence-electron chi connectivity index (χ4n) is 3.67. The van der Waals surface area contributed by atoms with E-state index in [2.05, 4.69) is 51.8 Å². The molecule has 1 aromatic heterocycles. The third kappa shape index (κ3) is 5.95. The molecular formula is C21H35N5OS. The Morgan fingerprint density at radius 3 is 2.68 bits per heavy atom. The van der Waals surface area contributed by atoms with E-state index < -0.39 is 0 Å². The van der Waals surface area contributed by atoms with Crippen molar-refractivity contribution in [2.75, 3.05) is 52.4 Å². The van der Waals surface area contributed by atoms with Gasteiger partial charge in [-0.2, -0.15) is 0 Å². The molecule has 1 saturated heterocycles. The van der Waals surface area contributed by atoms with Gasteiger partial charge in [0.25, 0.3) is 0 Å². The minimum atomic E-state index is 0.323. The maximum atomic E-state index is 12.3. The molecular weight excluding hydrogens is 370 g/mol. The molecule has 6 nitrogen and oxygen atoms in total. The highest BCUT2D eigenvalue weighted by Crippen LogP contribution is 2.28. The summed E-state index contributed by atoms with van der Waals surface area (Å²) in [7, 11) is 0. The molecule has 156 valence electrons. The fourth-order valence-corrected chi connectivity index (χ4v) is 4.45. The van der Waals surface area contributed by atoms with Gasteiger partial charge in [-0.05, 0) is 31.2 Å². The summed E-state index contributed by atoms with van der Waals surface area (Å²) >= 11 is 1.80. The number of amides is 1. The molecule has 1 aliphatic heterocycles. The predicted molar refractivity (Wildman–Crippen MR) is 117 cm³/mol.